The SMILES string of the molecule is COC(C)=O.NC(=O)CNC(=O)OCC1c2ccccc2-c2ccccc21. The number of hydrogen-bond acceptors (Lipinski definition) is 5. The molecule has 0 atom stereocenters. The van der Waals surface area contributed by atoms with Crippen LogP contribution in [0.4, 0.5) is 4.79 Å². The Morgan fingerprint density at radius 3 is 1.93 bits per heavy atom. The molecule has 1 aliphatic carbocycles. The summed E-state index contributed by atoms with van der Waals surface area (Å²) < 4.78 is 9.34. The molecule has 0 saturated heterocycles. The highest BCUT2D eigenvalue weighted by atomic mass is 16.5. The van der Waals surface area contributed by atoms with E-state index < -0.39 is 12.0 Å². The molecule has 2 aromatic rings. The average Bonchev–Trinajstić information content (AvgIpc) is 2.99. The first-order valence-electron chi connectivity index (χ1n) is 8.35. The van der Waals surface area contributed by atoms with Crippen molar-refractivity contribution in [3.05, 3.63) is 59.7 Å². The summed E-state index contributed by atoms with van der Waals surface area (Å²) in [6.07, 6.45) is -0.638. The Balaban J connectivity index is 0.000000465. The van der Waals surface area contributed by atoms with Crippen molar-refractivity contribution in [2.45, 2.75) is 12.8 Å². The summed E-state index contributed by atoms with van der Waals surface area (Å²) in [7, 11) is 1.35. The maximum absolute atomic E-state index is 11.6. The number of primary amides is 1. The third kappa shape index (κ3) is 5.31. The van der Waals surface area contributed by atoms with Crippen molar-refractivity contribution in [3.8, 4) is 11.1 Å². The fourth-order valence-electron chi connectivity index (χ4n) is 2.81. The van der Waals surface area contributed by atoms with Crippen molar-refractivity contribution in [3.63, 3.8) is 0 Å². The molecular formula is C20H22N2O5. The van der Waals surface area contributed by atoms with Gasteiger partial charge in [-0.1, -0.05) is 48.5 Å². The molecular weight excluding hydrogens is 348 g/mol. The minimum absolute atomic E-state index is 0.00623. The Morgan fingerprint density at radius 1 is 1.00 bits per heavy atom. The molecule has 0 radical (unpaired) electrons. The van der Waals surface area contributed by atoms with E-state index in [1.807, 2.05) is 36.4 Å². The molecule has 3 rings (SSSR count). The molecule has 7 heteroatoms. The summed E-state index contributed by atoms with van der Waals surface area (Å²) in [6.45, 7) is 1.36. The topological polar surface area (TPSA) is 108 Å². The van der Waals surface area contributed by atoms with Gasteiger partial charge in [0.25, 0.3) is 0 Å². The number of carbonyl (C=O) groups is 3. The van der Waals surface area contributed by atoms with E-state index in [0.717, 1.165) is 11.1 Å². The van der Waals surface area contributed by atoms with Gasteiger partial charge < -0.3 is 20.5 Å². The van der Waals surface area contributed by atoms with E-state index >= 15 is 0 Å². The fourth-order valence-corrected chi connectivity index (χ4v) is 2.81. The molecule has 0 unspecified atom stereocenters. The van der Waals surface area contributed by atoms with Crippen LogP contribution in [0.25, 0.3) is 11.1 Å². The van der Waals surface area contributed by atoms with Gasteiger partial charge in [-0.15, -0.1) is 0 Å². The van der Waals surface area contributed by atoms with Gasteiger partial charge >= 0.3 is 12.1 Å². The first-order chi connectivity index (χ1) is 12.9. The first-order valence-corrected chi connectivity index (χ1v) is 8.35. The monoisotopic (exact) mass is 370 g/mol. The van der Waals surface area contributed by atoms with E-state index in [4.69, 9.17) is 10.5 Å². The first kappa shape index (κ1) is 20.0. The van der Waals surface area contributed by atoms with E-state index in [9.17, 15) is 14.4 Å². The number of benzene rings is 2. The van der Waals surface area contributed by atoms with Crippen LogP contribution in [0.15, 0.2) is 48.5 Å². The number of amides is 2. The van der Waals surface area contributed by atoms with Gasteiger partial charge in [0.1, 0.15) is 6.61 Å². The quantitative estimate of drug-likeness (QED) is 0.802. The lowest BCUT2D eigenvalue weighted by Crippen LogP contribution is -2.34. The molecule has 27 heavy (non-hydrogen) atoms. The molecule has 2 aromatic carbocycles. The molecule has 142 valence electrons. The van der Waals surface area contributed by atoms with Crippen LogP contribution < -0.4 is 11.1 Å². The molecule has 1 aliphatic rings. The molecule has 7 nitrogen and oxygen atoms in total. The number of hydrogen-bond donors (Lipinski definition) is 2. The Kier molecular flexibility index (Phi) is 6.93. The van der Waals surface area contributed by atoms with Crippen molar-refractivity contribution >= 4 is 18.0 Å². The van der Waals surface area contributed by atoms with Crippen LogP contribution >= 0.6 is 0 Å². The summed E-state index contributed by atoms with van der Waals surface area (Å²) in [4.78, 5) is 31.8. The fraction of sp³-hybridized carbons (Fsp3) is 0.250. The number of carbonyl (C=O) groups excluding carboxylic acids is 3. The van der Waals surface area contributed by atoms with Gasteiger partial charge in [-0.25, -0.2) is 4.79 Å². The average molecular weight is 370 g/mol. The highest BCUT2D eigenvalue weighted by Crippen LogP contribution is 2.44. The zero-order valence-corrected chi connectivity index (χ0v) is 15.2. The van der Waals surface area contributed by atoms with Gasteiger partial charge in [0.2, 0.25) is 5.91 Å². The summed E-state index contributed by atoms with van der Waals surface area (Å²) >= 11 is 0. The standard InChI is InChI=1S/C17H16N2O3.C3H6O2/c18-16(20)9-19-17(21)22-10-15-13-7-3-1-5-11(13)12-6-2-4-8-14(12)15;1-3(4)5-2/h1-8,15H,9-10H2,(H2,18,20)(H,19,21);1-2H3. The lowest BCUT2D eigenvalue weighted by atomic mass is 9.98. The van der Waals surface area contributed by atoms with Crippen molar-refractivity contribution in [1.29, 1.82) is 0 Å². The molecule has 0 fully saturated rings. The van der Waals surface area contributed by atoms with Crippen LogP contribution in [-0.4, -0.2) is 38.2 Å². The Labute approximate surface area is 157 Å². The van der Waals surface area contributed by atoms with Crippen LogP contribution in [0, 0.1) is 0 Å². The zero-order valence-electron chi connectivity index (χ0n) is 15.2. The summed E-state index contributed by atoms with van der Waals surface area (Å²) in [5.41, 5.74) is 9.61. The minimum Gasteiger partial charge on any atom is -0.469 e. The number of methoxy groups -OCH3 is 1. The Bertz CT molecular complexity index is 789. The Hall–Kier alpha value is -3.35. The van der Waals surface area contributed by atoms with E-state index in [0.29, 0.717) is 0 Å². The van der Waals surface area contributed by atoms with Gasteiger partial charge in [0, 0.05) is 12.8 Å². The largest absolute Gasteiger partial charge is 0.469 e. The smallest absolute Gasteiger partial charge is 0.407 e. The van der Waals surface area contributed by atoms with Crippen LogP contribution in [0.2, 0.25) is 0 Å². The normalized spacial score (nSPS) is 11.3. The third-order valence-electron chi connectivity index (χ3n) is 4.04. The highest BCUT2D eigenvalue weighted by molar-refractivity contribution is 5.81. The summed E-state index contributed by atoms with van der Waals surface area (Å²) in [5.74, 6) is -0.842. The predicted octanol–water partition coefficient (Wildman–Crippen LogP) is 2.19. The van der Waals surface area contributed by atoms with Crippen molar-refractivity contribution in [2.24, 2.45) is 5.73 Å². The van der Waals surface area contributed by atoms with Crippen molar-refractivity contribution in [1.82, 2.24) is 5.32 Å². The zero-order chi connectivity index (χ0) is 19.8. The Morgan fingerprint density at radius 2 is 1.48 bits per heavy atom. The second-order valence-electron chi connectivity index (χ2n) is 5.84. The van der Waals surface area contributed by atoms with Gasteiger partial charge in [-0.2, -0.15) is 0 Å². The van der Waals surface area contributed by atoms with E-state index in [-0.39, 0.29) is 25.0 Å². The van der Waals surface area contributed by atoms with E-state index in [2.05, 4.69) is 22.2 Å². The van der Waals surface area contributed by atoms with Crippen molar-refractivity contribution in [2.75, 3.05) is 20.3 Å². The summed E-state index contributed by atoms with van der Waals surface area (Å²) in [6, 6.07) is 16.2. The number of ether oxygens (including phenoxy) is 2. The van der Waals surface area contributed by atoms with Crippen LogP contribution in [-0.2, 0) is 19.1 Å². The molecule has 0 spiro atoms. The second-order valence-corrected chi connectivity index (χ2v) is 5.84. The molecule has 0 aliphatic heterocycles. The molecule has 2 amide bonds. The lowest BCUT2D eigenvalue weighted by Gasteiger charge is -2.14. The van der Waals surface area contributed by atoms with Gasteiger partial charge in [0.05, 0.1) is 13.7 Å². The predicted molar refractivity (Wildman–Crippen MR) is 100.0 cm³/mol. The number of nitrogens with one attached hydrogen (secondary N) is 1. The summed E-state index contributed by atoms with van der Waals surface area (Å²) in [5, 5.41) is 2.32. The second kappa shape index (κ2) is 9.38. The lowest BCUT2D eigenvalue weighted by molar-refractivity contribution is -0.137. The maximum atomic E-state index is 11.6. The number of fused-ring (bicyclic) bond motifs is 3. The number of alkyl carbamates (subject to hydrolysis) is 1. The van der Waals surface area contributed by atoms with Gasteiger partial charge in [-0.05, 0) is 22.3 Å². The van der Waals surface area contributed by atoms with E-state index in [1.165, 1.54) is 25.2 Å². The van der Waals surface area contributed by atoms with Crippen LogP contribution in [0.1, 0.15) is 24.0 Å². The number of rotatable bonds is 4. The van der Waals surface area contributed by atoms with Crippen LogP contribution in [0.3, 0.4) is 0 Å². The maximum Gasteiger partial charge on any atom is 0.407 e. The molecule has 0 heterocycles. The van der Waals surface area contributed by atoms with Gasteiger partial charge in [0.15, 0.2) is 0 Å². The third-order valence-corrected chi connectivity index (χ3v) is 4.04. The molecule has 0 saturated carbocycles. The van der Waals surface area contributed by atoms with Crippen molar-refractivity contribution < 1.29 is 23.9 Å². The minimum atomic E-state index is -0.638. The number of esters is 1. The molecule has 0 bridgehead atoms. The van der Waals surface area contributed by atoms with E-state index in [1.54, 1.807) is 0 Å². The van der Waals surface area contributed by atoms with Crippen LogP contribution in [0.5, 0.6) is 0 Å². The number of nitrogens with two attached hydrogens (primary N) is 1. The highest BCUT2D eigenvalue weighted by Gasteiger charge is 2.28. The molecule has 3 N–H and O–H groups in total. The molecule has 0 aromatic heterocycles. The van der Waals surface area contributed by atoms with Gasteiger partial charge in [-0.3, -0.25) is 9.59 Å².